The highest BCUT2D eigenvalue weighted by Gasteiger charge is 2.52. The first-order valence-corrected chi connectivity index (χ1v) is 11.3. The lowest BCUT2D eigenvalue weighted by Gasteiger charge is -2.24. The Labute approximate surface area is 170 Å². The van der Waals surface area contributed by atoms with Crippen molar-refractivity contribution in [1.82, 2.24) is 4.31 Å². The summed E-state index contributed by atoms with van der Waals surface area (Å²) in [5.41, 5.74) is 1.10. The minimum atomic E-state index is -3.64. The predicted molar refractivity (Wildman–Crippen MR) is 106 cm³/mol. The second-order valence-electron chi connectivity index (χ2n) is 7.84. The average molecular weight is 418 g/mol. The van der Waals surface area contributed by atoms with Gasteiger partial charge in [0.1, 0.15) is 5.82 Å². The van der Waals surface area contributed by atoms with Crippen molar-refractivity contribution in [3.8, 4) is 0 Å². The van der Waals surface area contributed by atoms with Crippen LogP contribution in [0.2, 0.25) is 0 Å². The molecule has 1 aliphatic carbocycles. The Balaban J connectivity index is 1.54. The standard InChI is InChI=1S/C22H24FNO4S/c1-28-21(25)22(12-13-22)17-6-10-20(11-7-17)29(26,27)24-14-2-3-19(24)15-16-4-8-18(23)9-5-16/h4-11,19H,2-3,12-15H2,1H3. The van der Waals surface area contributed by atoms with Crippen LogP contribution in [0.3, 0.4) is 0 Å². The first-order valence-electron chi connectivity index (χ1n) is 9.82. The van der Waals surface area contributed by atoms with Crippen LogP contribution in [0.1, 0.15) is 36.8 Å². The van der Waals surface area contributed by atoms with Crippen LogP contribution in [0.5, 0.6) is 0 Å². The zero-order valence-electron chi connectivity index (χ0n) is 16.3. The highest BCUT2D eigenvalue weighted by Crippen LogP contribution is 2.49. The molecule has 2 aliphatic rings. The fraction of sp³-hybridized carbons (Fsp3) is 0.409. The number of carbonyl (C=O) groups excluding carboxylic acids is 1. The predicted octanol–water partition coefficient (Wildman–Crippen LogP) is 3.43. The van der Waals surface area contributed by atoms with Gasteiger partial charge in [-0.05, 0) is 67.5 Å². The first-order chi connectivity index (χ1) is 13.9. The van der Waals surface area contributed by atoms with Crippen LogP contribution in [-0.2, 0) is 31.4 Å². The number of nitrogens with zero attached hydrogens (tertiary/aromatic N) is 1. The van der Waals surface area contributed by atoms with E-state index in [4.69, 9.17) is 4.74 Å². The molecule has 1 aliphatic heterocycles. The molecule has 29 heavy (non-hydrogen) atoms. The highest BCUT2D eigenvalue weighted by molar-refractivity contribution is 7.89. The van der Waals surface area contributed by atoms with E-state index in [-0.39, 0.29) is 22.7 Å². The van der Waals surface area contributed by atoms with E-state index in [2.05, 4.69) is 0 Å². The van der Waals surface area contributed by atoms with Crippen LogP contribution in [0.15, 0.2) is 53.4 Å². The molecule has 2 fully saturated rings. The second-order valence-corrected chi connectivity index (χ2v) is 9.73. The molecule has 4 rings (SSSR count). The van der Waals surface area contributed by atoms with E-state index in [9.17, 15) is 17.6 Å². The lowest BCUT2D eigenvalue weighted by Crippen LogP contribution is -2.36. The molecule has 1 atom stereocenters. The highest BCUT2D eigenvalue weighted by atomic mass is 32.2. The maximum Gasteiger partial charge on any atom is 0.316 e. The Kier molecular flexibility index (Phi) is 5.21. The molecule has 1 saturated heterocycles. The summed E-state index contributed by atoms with van der Waals surface area (Å²) in [6, 6.07) is 12.7. The van der Waals surface area contributed by atoms with Gasteiger partial charge in [-0.1, -0.05) is 24.3 Å². The molecule has 154 valence electrons. The van der Waals surface area contributed by atoms with Crippen LogP contribution in [-0.4, -0.2) is 38.4 Å². The van der Waals surface area contributed by atoms with Gasteiger partial charge in [0, 0.05) is 12.6 Å². The molecule has 0 radical (unpaired) electrons. The summed E-state index contributed by atoms with van der Waals surface area (Å²) < 4.78 is 46.1. The largest absolute Gasteiger partial charge is 0.468 e. The molecule has 0 aromatic heterocycles. The molecule has 1 heterocycles. The third-order valence-corrected chi connectivity index (χ3v) is 8.01. The minimum absolute atomic E-state index is 0.144. The Morgan fingerprint density at radius 3 is 2.38 bits per heavy atom. The van der Waals surface area contributed by atoms with Crippen LogP contribution < -0.4 is 0 Å². The summed E-state index contributed by atoms with van der Waals surface area (Å²) in [6.45, 7) is 0.474. The van der Waals surface area contributed by atoms with E-state index in [1.807, 2.05) is 0 Å². The maximum absolute atomic E-state index is 13.2. The Bertz CT molecular complexity index is 998. The van der Waals surface area contributed by atoms with Crippen molar-refractivity contribution in [3.05, 3.63) is 65.5 Å². The first kappa shape index (κ1) is 20.0. The van der Waals surface area contributed by atoms with Gasteiger partial charge in [-0.2, -0.15) is 4.31 Å². The number of rotatable bonds is 6. The molecule has 0 N–H and O–H groups in total. The number of hydrogen-bond donors (Lipinski definition) is 0. The maximum atomic E-state index is 13.2. The van der Waals surface area contributed by atoms with Crippen LogP contribution >= 0.6 is 0 Å². The van der Waals surface area contributed by atoms with Gasteiger partial charge in [-0.3, -0.25) is 4.79 Å². The molecule has 2 aromatic carbocycles. The summed E-state index contributed by atoms with van der Waals surface area (Å²) in [7, 11) is -2.27. The van der Waals surface area contributed by atoms with Crippen LogP contribution in [0.4, 0.5) is 4.39 Å². The Morgan fingerprint density at radius 1 is 1.14 bits per heavy atom. The number of hydrogen-bond acceptors (Lipinski definition) is 4. The molecule has 0 bridgehead atoms. The number of esters is 1. The van der Waals surface area contributed by atoms with E-state index >= 15 is 0 Å². The van der Waals surface area contributed by atoms with Gasteiger partial charge < -0.3 is 4.74 Å². The number of halogens is 1. The summed E-state index contributed by atoms with van der Waals surface area (Å²) in [5, 5.41) is 0. The second kappa shape index (κ2) is 7.54. The third kappa shape index (κ3) is 3.69. The van der Waals surface area contributed by atoms with E-state index in [1.165, 1.54) is 19.2 Å². The van der Waals surface area contributed by atoms with Crippen molar-refractivity contribution in [3.63, 3.8) is 0 Å². The number of ether oxygens (including phenoxy) is 1. The van der Waals surface area contributed by atoms with E-state index in [1.54, 1.807) is 40.7 Å². The normalized spacial score (nSPS) is 21.1. The van der Waals surface area contributed by atoms with Crippen molar-refractivity contribution in [2.75, 3.05) is 13.7 Å². The fourth-order valence-corrected chi connectivity index (χ4v) is 5.93. The van der Waals surface area contributed by atoms with E-state index < -0.39 is 15.4 Å². The zero-order chi connectivity index (χ0) is 20.6. The molecule has 2 aromatic rings. The topological polar surface area (TPSA) is 63.7 Å². The smallest absolute Gasteiger partial charge is 0.316 e. The molecule has 0 amide bonds. The summed E-state index contributed by atoms with van der Waals surface area (Å²) in [4.78, 5) is 12.3. The molecule has 1 saturated carbocycles. The average Bonchev–Trinajstić information content (AvgIpc) is 3.41. The van der Waals surface area contributed by atoms with Gasteiger partial charge in [0.05, 0.1) is 17.4 Å². The minimum Gasteiger partial charge on any atom is -0.468 e. The summed E-state index contributed by atoms with van der Waals surface area (Å²) in [5.74, 6) is -0.572. The third-order valence-electron chi connectivity index (χ3n) is 6.05. The van der Waals surface area contributed by atoms with Gasteiger partial charge in [0.15, 0.2) is 0 Å². The fourth-order valence-electron chi connectivity index (χ4n) is 4.23. The number of carbonyl (C=O) groups is 1. The van der Waals surface area contributed by atoms with Gasteiger partial charge in [0.25, 0.3) is 0 Å². The number of benzene rings is 2. The quantitative estimate of drug-likeness (QED) is 0.676. The van der Waals surface area contributed by atoms with Crippen molar-refractivity contribution in [1.29, 1.82) is 0 Å². The van der Waals surface area contributed by atoms with Gasteiger partial charge >= 0.3 is 5.97 Å². The van der Waals surface area contributed by atoms with Crippen molar-refractivity contribution in [2.45, 2.75) is 48.5 Å². The summed E-state index contributed by atoms with van der Waals surface area (Å²) >= 11 is 0. The molecular formula is C22H24FNO4S. The monoisotopic (exact) mass is 417 g/mol. The van der Waals surface area contributed by atoms with Crippen LogP contribution in [0, 0.1) is 5.82 Å². The molecule has 7 heteroatoms. The SMILES string of the molecule is COC(=O)C1(c2ccc(S(=O)(=O)N3CCCC3Cc3ccc(F)cc3)cc2)CC1. The van der Waals surface area contributed by atoms with Gasteiger partial charge in [-0.25, -0.2) is 12.8 Å². The molecule has 1 unspecified atom stereocenters. The van der Waals surface area contributed by atoms with Gasteiger partial charge in [0.2, 0.25) is 10.0 Å². The Morgan fingerprint density at radius 2 is 1.79 bits per heavy atom. The van der Waals surface area contributed by atoms with Crippen molar-refractivity contribution < 1.29 is 22.3 Å². The van der Waals surface area contributed by atoms with Gasteiger partial charge in [-0.15, -0.1) is 0 Å². The molecule has 5 nitrogen and oxygen atoms in total. The Hall–Kier alpha value is -2.25. The van der Waals surface area contributed by atoms with Crippen molar-refractivity contribution >= 4 is 16.0 Å². The van der Waals surface area contributed by atoms with E-state index in [0.717, 1.165) is 36.8 Å². The summed E-state index contributed by atoms with van der Waals surface area (Å²) in [6.07, 6.45) is 3.58. The molecule has 0 spiro atoms. The van der Waals surface area contributed by atoms with E-state index in [0.29, 0.717) is 13.0 Å². The lowest BCUT2D eigenvalue weighted by molar-refractivity contribution is -0.143. The number of sulfonamides is 1. The lowest BCUT2D eigenvalue weighted by atomic mass is 9.96. The number of methoxy groups -OCH3 is 1. The molecular weight excluding hydrogens is 393 g/mol. The zero-order valence-corrected chi connectivity index (χ0v) is 17.1. The van der Waals surface area contributed by atoms with Crippen molar-refractivity contribution in [2.24, 2.45) is 0 Å². The van der Waals surface area contributed by atoms with Crippen LogP contribution in [0.25, 0.3) is 0 Å².